The summed E-state index contributed by atoms with van der Waals surface area (Å²) in [6, 6.07) is 0. The minimum Gasteiger partial charge on any atom is -0.396 e. The van der Waals surface area contributed by atoms with Gasteiger partial charge in [-0.2, -0.15) is 0 Å². The zero-order chi connectivity index (χ0) is 14.7. The minimum atomic E-state index is 0.362. The van der Waals surface area contributed by atoms with Crippen LogP contribution in [0.15, 0.2) is 12.2 Å². The molecule has 0 heterocycles. The largest absolute Gasteiger partial charge is 0.396 e. The van der Waals surface area contributed by atoms with E-state index in [1.165, 1.54) is 89.9 Å². The Labute approximate surface area is 127 Å². The Hall–Kier alpha value is -0.300. The molecule has 0 atom stereocenters. The van der Waals surface area contributed by atoms with Gasteiger partial charge in [0.1, 0.15) is 0 Å². The van der Waals surface area contributed by atoms with Gasteiger partial charge in [-0.1, -0.05) is 83.3 Å². The van der Waals surface area contributed by atoms with Crippen LogP contribution in [0.25, 0.3) is 0 Å². The molecule has 0 bridgehead atoms. The van der Waals surface area contributed by atoms with E-state index in [0.29, 0.717) is 6.61 Å². The number of hydrogen-bond donors (Lipinski definition) is 1. The zero-order valence-corrected chi connectivity index (χ0v) is 13.9. The highest BCUT2D eigenvalue weighted by Crippen LogP contribution is 2.10. The number of aliphatic hydroxyl groups is 1. The molecule has 0 aliphatic rings. The van der Waals surface area contributed by atoms with E-state index in [0.717, 1.165) is 6.42 Å². The van der Waals surface area contributed by atoms with Crippen molar-refractivity contribution in [3.63, 3.8) is 0 Å². The maximum atomic E-state index is 8.67. The molecule has 0 radical (unpaired) electrons. The molecule has 0 aromatic carbocycles. The third-order valence-electron chi connectivity index (χ3n) is 3.92. The van der Waals surface area contributed by atoms with Gasteiger partial charge in [-0.25, -0.2) is 0 Å². The normalized spacial score (nSPS) is 11.5. The van der Waals surface area contributed by atoms with Crippen LogP contribution in [0.1, 0.15) is 103 Å². The molecule has 0 aliphatic carbocycles. The van der Waals surface area contributed by atoms with Crippen LogP contribution in [0, 0.1) is 0 Å². The molecule has 0 spiro atoms. The van der Waals surface area contributed by atoms with Crippen LogP contribution in [0.4, 0.5) is 0 Å². The van der Waals surface area contributed by atoms with Gasteiger partial charge in [0.2, 0.25) is 0 Å². The molecule has 0 aliphatic heterocycles. The predicted molar refractivity (Wildman–Crippen MR) is 91.2 cm³/mol. The molecule has 0 unspecified atom stereocenters. The van der Waals surface area contributed by atoms with E-state index >= 15 is 0 Å². The monoisotopic (exact) mass is 282 g/mol. The van der Waals surface area contributed by atoms with E-state index in [1.54, 1.807) is 0 Å². The number of allylic oxidation sites excluding steroid dienone is 2. The van der Waals surface area contributed by atoms with Gasteiger partial charge in [0.25, 0.3) is 0 Å². The highest BCUT2D eigenvalue weighted by atomic mass is 16.2. The van der Waals surface area contributed by atoms with Crippen LogP contribution in [0.3, 0.4) is 0 Å². The maximum absolute atomic E-state index is 8.67. The lowest BCUT2D eigenvalue weighted by molar-refractivity contribution is 0.282. The lowest BCUT2D eigenvalue weighted by atomic mass is 10.1. The van der Waals surface area contributed by atoms with Crippen LogP contribution in [0.2, 0.25) is 0 Å². The third kappa shape index (κ3) is 17.7. The second-order valence-corrected chi connectivity index (χ2v) is 6.02. The van der Waals surface area contributed by atoms with Gasteiger partial charge in [0.05, 0.1) is 0 Å². The molecule has 0 amide bonds. The van der Waals surface area contributed by atoms with E-state index in [4.69, 9.17) is 5.11 Å². The smallest absolute Gasteiger partial charge is 0.0431 e. The summed E-state index contributed by atoms with van der Waals surface area (Å²) < 4.78 is 0. The topological polar surface area (TPSA) is 20.2 Å². The summed E-state index contributed by atoms with van der Waals surface area (Å²) in [6.07, 6.45) is 24.7. The fourth-order valence-corrected chi connectivity index (χ4v) is 2.54. The van der Waals surface area contributed by atoms with Crippen molar-refractivity contribution in [2.75, 3.05) is 6.61 Å². The Morgan fingerprint density at radius 1 is 0.550 bits per heavy atom. The van der Waals surface area contributed by atoms with Crippen molar-refractivity contribution in [3.05, 3.63) is 12.2 Å². The minimum absolute atomic E-state index is 0.362. The van der Waals surface area contributed by atoms with Crippen molar-refractivity contribution in [2.45, 2.75) is 103 Å². The molecule has 0 aromatic heterocycles. The standard InChI is InChI=1S/C19H38O/c1-2-3-4-5-6-7-8-9-10-11-12-13-14-15-16-17-18-19-20/h10-11,20H,2-9,12-19H2,1H3/b11-10+. The summed E-state index contributed by atoms with van der Waals surface area (Å²) in [5.74, 6) is 0. The number of unbranched alkanes of at least 4 members (excludes halogenated alkanes) is 13. The van der Waals surface area contributed by atoms with Crippen LogP contribution < -0.4 is 0 Å². The summed E-state index contributed by atoms with van der Waals surface area (Å²) in [7, 11) is 0. The van der Waals surface area contributed by atoms with Crippen molar-refractivity contribution >= 4 is 0 Å². The Morgan fingerprint density at radius 2 is 0.950 bits per heavy atom. The Morgan fingerprint density at radius 3 is 1.40 bits per heavy atom. The predicted octanol–water partition coefficient (Wildman–Crippen LogP) is 6.41. The van der Waals surface area contributed by atoms with Gasteiger partial charge < -0.3 is 5.11 Å². The zero-order valence-electron chi connectivity index (χ0n) is 13.9. The first-order valence-corrected chi connectivity index (χ1v) is 9.17. The molecule has 1 heteroatoms. The van der Waals surface area contributed by atoms with Gasteiger partial charge in [-0.15, -0.1) is 0 Å². The highest BCUT2D eigenvalue weighted by molar-refractivity contribution is 4.81. The van der Waals surface area contributed by atoms with Gasteiger partial charge in [-0.3, -0.25) is 0 Å². The van der Waals surface area contributed by atoms with Crippen molar-refractivity contribution in [1.29, 1.82) is 0 Å². The van der Waals surface area contributed by atoms with E-state index in [-0.39, 0.29) is 0 Å². The van der Waals surface area contributed by atoms with Crippen molar-refractivity contribution < 1.29 is 5.11 Å². The van der Waals surface area contributed by atoms with Crippen LogP contribution in [0.5, 0.6) is 0 Å². The first-order chi connectivity index (χ1) is 9.91. The summed E-state index contributed by atoms with van der Waals surface area (Å²) in [5, 5.41) is 8.67. The fraction of sp³-hybridized carbons (Fsp3) is 0.895. The lowest BCUT2D eigenvalue weighted by Crippen LogP contribution is -1.83. The molecule has 0 rings (SSSR count). The Kier molecular flexibility index (Phi) is 18.4. The number of aliphatic hydroxyl groups excluding tert-OH is 1. The second kappa shape index (κ2) is 18.7. The molecule has 1 N–H and O–H groups in total. The molecule has 0 aromatic rings. The summed E-state index contributed by atoms with van der Waals surface area (Å²) >= 11 is 0. The number of hydrogen-bond acceptors (Lipinski definition) is 1. The van der Waals surface area contributed by atoms with Crippen LogP contribution >= 0.6 is 0 Å². The van der Waals surface area contributed by atoms with E-state index in [2.05, 4.69) is 19.1 Å². The van der Waals surface area contributed by atoms with Gasteiger partial charge in [0, 0.05) is 6.61 Å². The van der Waals surface area contributed by atoms with E-state index in [1.807, 2.05) is 0 Å². The molecule has 20 heavy (non-hydrogen) atoms. The number of rotatable bonds is 16. The Balaban J connectivity index is 3.01. The second-order valence-electron chi connectivity index (χ2n) is 6.02. The molecular formula is C19H38O. The maximum Gasteiger partial charge on any atom is 0.0431 e. The highest BCUT2D eigenvalue weighted by Gasteiger charge is 1.91. The summed E-state index contributed by atoms with van der Waals surface area (Å²) in [6.45, 7) is 2.64. The third-order valence-corrected chi connectivity index (χ3v) is 3.92. The first-order valence-electron chi connectivity index (χ1n) is 9.17. The first kappa shape index (κ1) is 19.7. The molecule has 0 fully saturated rings. The summed E-state index contributed by atoms with van der Waals surface area (Å²) in [5.41, 5.74) is 0. The SMILES string of the molecule is CCCCCCCCC/C=C/CCCCCCCCO. The molecule has 1 nitrogen and oxygen atoms in total. The molecular weight excluding hydrogens is 244 g/mol. The lowest BCUT2D eigenvalue weighted by Gasteiger charge is -1.99. The van der Waals surface area contributed by atoms with E-state index in [9.17, 15) is 0 Å². The van der Waals surface area contributed by atoms with Gasteiger partial charge >= 0.3 is 0 Å². The molecule has 120 valence electrons. The van der Waals surface area contributed by atoms with E-state index < -0.39 is 0 Å². The Bertz CT molecular complexity index is 166. The summed E-state index contributed by atoms with van der Waals surface area (Å²) in [4.78, 5) is 0. The average molecular weight is 283 g/mol. The fourth-order valence-electron chi connectivity index (χ4n) is 2.54. The quantitative estimate of drug-likeness (QED) is 0.256. The van der Waals surface area contributed by atoms with Crippen LogP contribution in [-0.4, -0.2) is 11.7 Å². The molecule has 0 saturated carbocycles. The van der Waals surface area contributed by atoms with Crippen LogP contribution in [-0.2, 0) is 0 Å². The average Bonchev–Trinajstić information content (AvgIpc) is 2.47. The van der Waals surface area contributed by atoms with Crippen molar-refractivity contribution in [3.8, 4) is 0 Å². The van der Waals surface area contributed by atoms with Crippen molar-refractivity contribution in [1.82, 2.24) is 0 Å². The van der Waals surface area contributed by atoms with Crippen molar-refractivity contribution in [2.24, 2.45) is 0 Å². The van der Waals surface area contributed by atoms with Gasteiger partial charge in [0.15, 0.2) is 0 Å². The van der Waals surface area contributed by atoms with Gasteiger partial charge in [-0.05, 0) is 32.1 Å². The molecule has 0 saturated heterocycles.